The molecule has 0 saturated carbocycles. The predicted octanol–water partition coefficient (Wildman–Crippen LogP) is 2.40. The maximum atomic E-state index is 11.1. The van der Waals surface area contributed by atoms with Gasteiger partial charge in [0.1, 0.15) is 30.8 Å². The van der Waals surface area contributed by atoms with E-state index in [0.717, 1.165) is 22.6 Å². The monoisotopic (exact) mass is 380 g/mol. The third-order valence-electron chi connectivity index (χ3n) is 3.67. The second kappa shape index (κ2) is 9.17. The lowest BCUT2D eigenvalue weighted by Crippen LogP contribution is -2.08. The number of rotatable bonds is 8. The minimum Gasteiger partial charge on any atom is -0.496 e. The fraction of sp³-hybridized carbons (Fsp3) is 0.158. The third kappa shape index (κ3) is 5.31. The van der Waals surface area contributed by atoms with Crippen molar-refractivity contribution in [2.75, 3.05) is 18.0 Å². The molecule has 2 aromatic carbocycles. The number of anilines is 1. The molecule has 0 atom stereocenters. The molecule has 144 valence electrons. The van der Waals surface area contributed by atoms with Crippen molar-refractivity contribution in [3.63, 3.8) is 0 Å². The van der Waals surface area contributed by atoms with Gasteiger partial charge in [-0.15, -0.1) is 9.89 Å². The zero-order chi connectivity index (χ0) is 19.8. The third-order valence-corrected chi connectivity index (χ3v) is 3.67. The van der Waals surface area contributed by atoms with Crippen LogP contribution in [0.3, 0.4) is 0 Å². The average molecular weight is 380 g/mol. The van der Waals surface area contributed by atoms with Crippen LogP contribution in [0.15, 0.2) is 60.2 Å². The molecule has 3 rings (SSSR count). The standard InChI is InChI=1S/C19H20N6O3/c1-14(26)23-17-4-6-18(7-5-17)28-11-16-9-15(3-8-19(16)27-2)10-21-24-25-13-20-12-22-25/h3-10,12-13,24H,11H2,1-2H3,(H,23,26)/b21-10+. The minimum atomic E-state index is -0.116. The summed E-state index contributed by atoms with van der Waals surface area (Å²) in [7, 11) is 1.61. The Morgan fingerprint density at radius 3 is 2.75 bits per heavy atom. The topological polar surface area (TPSA) is 103 Å². The first-order valence-electron chi connectivity index (χ1n) is 8.45. The number of ether oxygens (including phenoxy) is 2. The highest BCUT2D eigenvalue weighted by atomic mass is 16.5. The summed E-state index contributed by atoms with van der Waals surface area (Å²) >= 11 is 0. The summed E-state index contributed by atoms with van der Waals surface area (Å²) in [6.45, 7) is 1.79. The zero-order valence-electron chi connectivity index (χ0n) is 15.5. The number of carbonyl (C=O) groups excluding carboxylic acids is 1. The Morgan fingerprint density at radius 2 is 2.07 bits per heavy atom. The molecule has 0 radical (unpaired) electrons. The van der Waals surface area contributed by atoms with Crippen LogP contribution in [0.1, 0.15) is 18.1 Å². The van der Waals surface area contributed by atoms with Gasteiger partial charge in [-0.1, -0.05) is 0 Å². The van der Waals surface area contributed by atoms with E-state index in [0.29, 0.717) is 12.4 Å². The lowest BCUT2D eigenvalue weighted by molar-refractivity contribution is -0.114. The number of nitrogens with zero attached hydrogens (tertiary/aromatic N) is 4. The molecule has 9 heteroatoms. The van der Waals surface area contributed by atoms with Crippen LogP contribution in [0.25, 0.3) is 0 Å². The fourth-order valence-corrected chi connectivity index (χ4v) is 2.41. The summed E-state index contributed by atoms with van der Waals surface area (Å²) in [6, 6.07) is 12.8. The average Bonchev–Trinajstić information content (AvgIpc) is 3.21. The first-order chi connectivity index (χ1) is 13.6. The highest BCUT2D eigenvalue weighted by Gasteiger charge is 2.06. The van der Waals surface area contributed by atoms with Crippen molar-refractivity contribution in [3.8, 4) is 11.5 Å². The number of methoxy groups -OCH3 is 1. The molecule has 1 amide bonds. The van der Waals surface area contributed by atoms with Crippen molar-refractivity contribution >= 4 is 17.8 Å². The molecule has 0 aliphatic carbocycles. The molecule has 2 N–H and O–H groups in total. The van der Waals surface area contributed by atoms with Crippen LogP contribution in [0.4, 0.5) is 5.69 Å². The van der Waals surface area contributed by atoms with Crippen molar-refractivity contribution in [2.24, 2.45) is 5.10 Å². The Kier molecular flexibility index (Phi) is 6.19. The number of nitrogens with one attached hydrogen (secondary N) is 2. The summed E-state index contributed by atoms with van der Waals surface area (Å²) in [5.41, 5.74) is 5.18. The number of carbonyl (C=O) groups is 1. The van der Waals surface area contributed by atoms with E-state index in [9.17, 15) is 4.79 Å². The summed E-state index contributed by atoms with van der Waals surface area (Å²) in [5, 5.41) is 10.7. The van der Waals surface area contributed by atoms with Crippen LogP contribution in [0.5, 0.6) is 11.5 Å². The van der Waals surface area contributed by atoms with E-state index in [-0.39, 0.29) is 5.91 Å². The van der Waals surface area contributed by atoms with Gasteiger partial charge < -0.3 is 14.8 Å². The lowest BCUT2D eigenvalue weighted by Gasteiger charge is -2.11. The van der Waals surface area contributed by atoms with E-state index >= 15 is 0 Å². The molecule has 3 aromatic rings. The number of amides is 1. The molecule has 1 heterocycles. The quantitative estimate of drug-likeness (QED) is 0.460. The van der Waals surface area contributed by atoms with E-state index in [2.05, 4.69) is 26.0 Å². The van der Waals surface area contributed by atoms with Crippen LogP contribution < -0.4 is 20.3 Å². The van der Waals surface area contributed by atoms with Crippen LogP contribution in [0, 0.1) is 0 Å². The number of hydrogen-bond donors (Lipinski definition) is 2. The van der Waals surface area contributed by atoms with E-state index in [1.807, 2.05) is 18.2 Å². The van der Waals surface area contributed by atoms with Crippen LogP contribution in [-0.4, -0.2) is 34.1 Å². The first kappa shape index (κ1) is 18.9. The molecule has 28 heavy (non-hydrogen) atoms. The van der Waals surface area contributed by atoms with Gasteiger partial charge in [-0.05, 0) is 48.0 Å². The van der Waals surface area contributed by atoms with Gasteiger partial charge in [0.25, 0.3) is 0 Å². The lowest BCUT2D eigenvalue weighted by atomic mass is 10.1. The van der Waals surface area contributed by atoms with Crippen LogP contribution in [-0.2, 0) is 11.4 Å². The maximum absolute atomic E-state index is 11.1. The molecular formula is C19H20N6O3. The Morgan fingerprint density at radius 1 is 1.25 bits per heavy atom. The summed E-state index contributed by atoms with van der Waals surface area (Å²) in [6.07, 6.45) is 4.57. The van der Waals surface area contributed by atoms with E-state index in [1.165, 1.54) is 24.4 Å². The Bertz CT molecular complexity index is 939. The van der Waals surface area contributed by atoms with Gasteiger partial charge in [-0.25, -0.2) is 4.98 Å². The van der Waals surface area contributed by atoms with Crippen LogP contribution in [0.2, 0.25) is 0 Å². The van der Waals surface area contributed by atoms with Gasteiger partial charge in [0.15, 0.2) is 0 Å². The Hall–Kier alpha value is -3.88. The number of benzene rings is 2. The van der Waals surface area contributed by atoms with Crippen molar-refractivity contribution < 1.29 is 14.3 Å². The number of aromatic nitrogens is 3. The van der Waals surface area contributed by atoms with Gasteiger partial charge in [-0.3, -0.25) is 4.79 Å². The second-order valence-electron chi connectivity index (χ2n) is 5.76. The van der Waals surface area contributed by atoms with Crippen molar-refractivity contribution in [3.05, 3.63) is 66.2 Å². The van der Waals surface area contributed by atoms with Gasteiger partial charge in [-0.2, -0.15) is 10.6 Å². The summed E-state index contributed by atoms with van der Waals surface area (Å²) < 4.78 is 11.2. The van der Waals surface area contributed by atoms with E-state index in [1.54, 1.807) is 37.6 Å². The largest absolute Gasteiger partial charge is 0.496 e. The SMILES string of the molecule is COc1ccc(/C=N/Nn2cncn2)cc1COc1ccc(NC(C)=O)cc1. The molecule has 9 nitrogen and oxygen atoms in total. The molecule has 0 aliphatic rings. The first-order valence-corrected chi connectivity index (χ1v) is 8.45. The van der Waals surface area contributed by atoms with E-state index < -0.39 is 0 Å². The Balaban J connectivity index is 1.64. The molecule has 0 spiro atoms. The molecular weight excluding hydrogens is 360 g/mol. The maximum Gasteiger partial charge on any atom is 0.221 e. The highest BCUT2D eigenvalue weighted by Crippen LogP contribution is 2.22. The molecule has 0 saturated heterocycles. The van der Waals surface area contributed by atoms with Gasteiger partial charge in [0.2, 0.25) is 5.91 Å². The predicted molar refractivity (Wildman–Crippen MR) is 105 cm³/mol. The molecule has 0 bridgehead atoms. The minimum absolute atomic E-state index is 0.116. The van der Waals surface area contributed by atoms with Crippen molar-refractivity contribution in [1.82, 2.24) is 14.9 Å². The normalized spacial score (nSPS) is 10.6. The van der Waals surface area contributed by atoms with Crippen molar-refractivity contribution in [2.45, 2.75) is 13.5 Å². The van der Waals surface area contributed by atoms with E-state index in [4.69, 9.17) is 9.47 Å². The summed E-state index contributed by atoms with van der Waals surface area (Å²) in [5.74, 6) is 1.29. The molecule has 0 aliphatic heterocycles. The number of hydrogen-bond acceptors (Lipinski definition) is 7. The zero-order valence-corrected chi connectivity index (χ0v) is 15.5. The molecule has 0 unspecified atom stereocenters. The highest BCUT2D eigenvalue weighted by molar-refractivity contribution is 5.88. The summed E-state index contributed by atoms with van der Waals surface area (Å²) in [4.78, 5) is 16.3. The fourth-order valence-electron chi connectivity index (χ4n) is 2.41. The second-order valence-corrected chi connectivity index (χ2v) is 5.76. The van der Waals surface area contributed by atoms with Gasteiger partial charge in [0, 0.05) is 18.2 Å². The van der Waals surface area contributed by atoms with Gasteiger partial charge in [0.05, 0.1) is 13.3 Å². The van der Waals surface area contributed by atoms with Crippen molar-refractivity contribution in [1.29, 1.82) is 0 Å². The van der Waals surface area contributed by atoms with Crippen LogP contribution >= 0.6 is 0 Å². The van der Waals surface area contributed by atoms with Gasteiger partial charge >= 0.3 is 0 Å². The molecule has 1 aromatic heterocycles. The number of hydrazone groups is 1. The Labute approximate surface area is 162 Å². The smallest absolute Gasteiger partial charge is 0.221 e. The molecule has 0 fully saturated rings.